The third-order valence-electron chi connectivity index (χ3n) is 6.24. The van der Waals surface area contributed by atoms with E-state index in [4.69, 9.17) is 0 Å². The molecule has 0 atom stereocenters. The van der Waals surface area contributed by atoms with Crippen molar-refractivity contribution >= 4 is 39.9 Å². The van der Waals surface area contributed by atoms with E-state index in [1.807, 2.05) is 23.2 Å². The number of unbranched alkanes of at least 4 members (excludes halogenated alkanes) is 1. The molecule has 0 aliphatic carbocycles. The maximum atomic E-state index is 12.4. The molecule has 5 rings (SSSR count). The molecule has 0 spiro atoms. The van der Waals surface area contributed by atoms with Gasteiger partial charge in [0.05, 0.1) is 11.4 Å². The topological polar surface area (TPSA) is 39.7 Å². The first kappa shape index (κ1) is 20.3. The summed E-state index contributed by atoms with van der Waals surface area (Å²) in [5.41, 5.74) is 1.08. The van der Waals surface area contributed by atoms with Gasteiger partial charge in [-0.05, 0) is 43.0 Å². The summed E-state index contributed by atoms with van der Waals surface area (Å²) < 4.78 is 0. The number of piperazine rings is 1. The van der Waals surface area contributed by atoms with E-state index >= 15 is 0 Å². The number of hydrogen-bond acceptors (Lipinski definition) is 5. The maximum absolute atomic E-state index is 12.4. The lowest BCUT2D eigenvalue weighted by Crippen LogP contribution is -2.47. The van der Waals surface area contributed by atoms with Crippen LogP contribution in [0.3, 0.4) is 0 Å². The maximum Gasteiger partial charge on any atom is 0.237 e. The first-order valence-corrected chi connectivity index (χ1v) is 12.1. The van der Waals surface area contributed by atoms with Gasteiger partial charge >= 0.3 is 0 Å². The van der Waals surface area contributed by atoms with E-state index in [1.165, 1.54) is 15.7 Å². The van der Waals surface area contributed by atoms with E-state index in [2.05, 4.69) is 57.2 Å². The molecule has 160 valence electrons. The summed E-state index contributed by atoms with van der Waals surface area (Å²) in [5, 5.41) is 2.49. The molecule has 0 unspecified atom stereocenters. The summed E-state index contributed by atoms with van der Waals surface area (Å²) in [4.78, 5) is 25.2. The minimum atomic E-state index is 0.236. The summed E-state index contributed by atoms with van der Waals surface area (Å²) in [6, 6.07) is 18.8. The fourth-order valence-electron chi connectivity index (χ4n) is 4.54. The van der Waals surface area contributed by atoms with Crippen LogP contribution in [-0.2, 0) is 4.79 Å². The zero-order chi connectivity index (χ0) is 21.0. The van der Waals surface area contributed by atoms with Crippen LogP contribution in [0.1, 0.15) is 12.8 Å². The van der Waals surface area contributed by atoms with Gasteiger partial charge in [0, 0.05) is 49.2 Å². The average Bonchev–Trinajstić information content (AvgIpc) is 2.83. The Kier molecular flexibility index (Phi) is 6.09. The average molecular weight is 433 g/mol. The molecule has 0 bridgehead atoms. The lowest BCUT2D eigenvalue weighted by molar-refractivity contribution is -0.116. The molecule has 0 radical (unpaired) electrons. The number of carbonyl (C=O) groups is 1. The summed E-state index contributed by atoms with van der Waals surface area (Å²) >= 11 is 1.65. The fraction of sp³-hybridized carbons (Fsp3) is 0.360. The highest BCUT2D eigenvalue weighted by Gasteiger charge is 2.24. The van der Waals surface area contributed by atoms with Crippen molar-refractivity contribution in [3.05, 3.63) is 60.8 Å². The van der Waals surface area contributed by atoms with Gasteiger partial charge in [0.1, 0.15) is 5.82 Å². The second-order valence-electron chi connectivity index (χ2n) is 8.19. The molecule has 1 amide bonds. The van der Waals surface area contributed by atoms with Crippen LogP contribution in [0.15, 0.2) is 65.7 Å². The van der Waals surface area contributed by atoms with Crippen LogP contribution in [0, 0.1) is 0 Å². The predicted octanol–water partition coefficient (Wildman–Crippen LogP) is 4.28. The van der Waals surface area contributed by atoms with Gasteiger partial charge in [-0.25, -0.2) is 4.98 Å². The number of amides is 1. The highest BCUT2D eigenvalue weighted by atomic mass is 32.2. The number of rotatable bonds is 6. The minimum absolute atomic E-state index is 0.236. The van der Waals surface area contributed by atoms with Gasteiger partial charge in [0.2, 0.25) is 5.91 Å². The molecular weight excluding hydrogens is 404 g/mol. The number of benzene rings is 2. The largest absolute Gasteiger partial charge is 0.354 e. The van der Waals surface area contributed by atoms with E-state index in [1.54, 1.807) is 11.8 Å². The summed E-state index contributed by atoms with van der Waals surface area (Å²) in [6.07, 6.45) is 4.07. The van der Waals surface area contributed by atoms with Crippen LogP contribution in [-0.4, -0.2) is 60.8 Å². The van der Waals surface area contributed by atoms with Crippen molar-refractivity contribution < 1.29 is 4.79 Å². The number of anilines is 2. The Morgan fingerprint density at radius 2 is 1.65 bits per heavy atom. The highest BCUT2D eigenvalue weighted by molar-refractivity contribution is 8.00. The SMILES string of the molecule is O=C1CSc2ccccc2N1CCCCN1CCN(c2nccc3ccccc23)CC1. The molecule has 2 aromatic carbocycles. The molecule has 3 heterocycles. The van der Waals surface area contributed by atoms with E-state index in [9.17, 15) is 4.79 Å². The first-order chi connectivity index (χ1) is 15.3. The molecule has 31 heavy (non-hydrogen) atoms. The second-order valence-corrected chi connectivity index (χ2v) is 9.21. The number of fused-ring (bicyclic) bond motifs is 2. The Labute approximate surface area is 188 Å². The van der Waals surface area contributed by atoms with E-state index in [0.29, 0.717) is 5.75 Å². The lowest BCUT2D eigenvalue weighted by atomic mass is 10.1. The normalized spacial score (nSPS) is 17.2. The summed E-state index contributed by atoms with van der Waals surface area (Å²) in [6.45, 7) is 6.05. The smallest absolute Gasteiger partial charge is 0.237 e. The van der Waals surface area contributed by atoms with Gasteiger partial charge < -0.3 is 9.80 Å². The van der Waals surface area contributed by atoms with Gasteiger partial charge in [0.15, 0.2) is 0 Å². The van der Waals surface area contributed by atoms with Gasteiger partial charge in [0.25, 0.3) is 0 Å². The molecule has 1 fully saturated rings. The van der Waals surface area contributed by atoms with E-state index < -0.39 is 0 Å². The highest BCUT2D eigenvalue weighted by Crippen LogP contribution is 2.35. The van der Waals surface area contributed by atoms with Crippen LogP contribution in [0.4, 0.5) is 11.5 Å². The molecule has 5 nitrogen and oxygen atoms in total. The molecule has 1 aromatic heterocycles. The Bertz CT molecular complexity index is 1060. The molecule has 3 aromatic rings. The van der Waals surface area contributed by atoms with Crippen LogP contribution < -0.4 is 9.80 Å². The number of aromatic nitrogens is 1. The summed E-state index contributed by atoms with van der Waals surface area (Å²) in [5.74, 6) is 1.90. The number of carbonyl (C=O) groups excluding carboxylic acids is 1. The third-order valence-corrected chi connectivity index (χ3v) is 7.29. The quantitative estimate of drug-likeness (QED) is 0.544. The van der Waals surface area contributed by atoms with Crippen molar-refractivity contribution in [1.29, 1.82) is 0 Å². The van der Waals surface area contributed by atoms with Gasteiger partial charge in [-0.3, -0.25) is 9.69 Å². The number of para-hydroxylation sites is 1. The van der Waals surface area contributed by atoms with Crippen LogP contribution in [0.25, 0.3) is 10.8 Å². The Morgan fingerprint density at radius 1 is 0.871 bits per heavy atom. The fourth-order valence-corrected chi connectivity index (χ4v) is 5.48. The molecule has 1 saturated heterocycles. The molecule has 2 aliphatic rings. The van der Waals surface area contributed by atoms with Gasteiger partial charge in [-0.1, -0.05) is 36.4 Å². The summed E-state index contributed by atoms with van der Waals surface area (Å²) in [7, 11) is 0. The van der Waals surface area contributed by atoms with E-state index in [0.717, 1.165) is 63.6 Å². The predicted molar refractivity (Wildman–Crippen MR) is 129 cm³/mol. The van der Waals surface area contributed by atoms with Crippen molar-refractivity contribution in [2.75, 3.05) is 54.8 Å². The molecule has 2 aliphatic heterocycles. The minimum Gasteiger partial charge on any atom is -0.354 e. The Balaban J connectivity index is 1.11. The molecule has 0 N–H and O–H groups in total. The van der Waals surface area contributed by atoms with Crippen LogP contribution in [0.5, 0.6) is 0 Å². The third kappa shape index (κ3) is 4.41. The monoisotopic (exact) mass is 432 g/mol. The van der Waals surface area contributed by atoms with Crippen molar-refractivity contribution in [3.63, 3.8) is 0 Å². The van der Waals surface area contributed by atoms with Gasteiger partial charge in [-0.2, -0.15) is 0 Å². The Morgan fingerprint density at radius 3 is 2.55 bits per heavy atom. The zero-order valence-corrected chi connectivity index (χ0v) is 18.6. The van der Waals surface area contributed by atoms with Crippen molar-refractivity contribution in [2.24, 2.45) is 0 Å². The zero-order valence-electron chi connectivity index (χ0n) is 17.7. The number of thioether (sulfide) groups is 1. The van der Waals surface area contributed by atoms with Crippen molar-refractivity contribution in [2.45, 2.75) is 17.7 Å². The molecule has 6 heteroatoms. The van der Waals surface area contributed by atoms with E-state index in [-0.39, 0.29) is 5.91 Å². The first-order valence-electron chi connectivity index (χ1n) is 11.1. The number of nitrogens with zero attached hydrogens (tertiary/aromatic N) is 4. The molecular formula is C25H28N4OS. The lowest BCUT2D eigenvalue weighted by Gasteiger charge is -2.36. The molecule has 0 saturated carbocycles. The van der Waals surface area contributed by atoms with Crippen LogP contribution >= 0.6 is 11.8 Å². The number of hydrogen-bond donors (Lipinski definition) is 0. The van der Waals surface area contributed by atoms with Crippen molar-refractivity contribution in [3.8, 4) is 0 Å². The number of pyridine rings is 1. The standard InChI is InChI=1S/C25H28N4OS/c30-24-19-31-23-10-4-3-9-22(23)29(24)14-6-5-13-27-15-17-28(18-16-27)25-21-8-2-1-7-20(21)11-12-26-25/h1-4,7-12H,5-6,13-19H2. The van der Waals surface area contributed by atoms with Crippen LogP contribution in [0.2, 0.25) is 0 Å². The van der Waals surface area contributed by atoms with Gasteiger partial charge in [-0.15, -0.1) is 11.8 Å². The Hall–Kier alpha value is -2.57. The second kappa shape index (κ2) is 9.28. The van der Waals surface area contributed by atoms with Crippen molar-refractivity contribution in [1.82, 2.24) is 9.88 Å².